The van der Waals surface area contributed by atoms with Crippen LogP contribution in [0, 0.1) is 5.92 Å². The number of ether oxygens (including phenoxy) is 2. The number of fused-ring (bicyclic) bond motifs is 1. The molecule has 0 saturated carbocycles. The molecule has 1 amide bonds. The SMILES string of the molecule is CC(OC(=O)C1COc2ccccc2C1)C(=O)N(C)Cc1ccccc1. The van der Waals surface area contributed by atoms with Crippen LogP contribution >= 0.6 is 0 Å². The molecule has 0 fully saturated rings. The fraction of sp³-hybridized carbons (Fsp3) is 0.333. The molecular formula is C21H23NO4. The van der Waals surface area contributed by atoms with Gasteiger partial charge in [-0.1, -0.05) is 48.5 Å². The number of rotatable bonds is 5. The Morgan fingerprint density at radius 2 is 1.85 bits per heavy atom. The first kappa shape index (κ1) is 18.0. The van der Waals surface area contributed by atoms with E-state index in [1.807, 2.05) is 54.6 Å². The molecule has 26 heavy (non-hydrogen) atoms. The van der Waals surface area contributed by atoms with Crippen LogP contribution in [0.25, 0.3) is 0 Å². The highest BCUT2D eigenvalue weighted by molar-refractivity contribution is 5.84. The van der Waals surface area contributed by atoms with Gasteiger partial charge in [0, 0.05) is 13.6 Å². The normalized spacial score (nSPS) is 16.8. The summed E-state index contributed by atoms with van der Waals surface area (Å²) >= 11 is 0. The van der Waals surface area contributed by atoms with E-state index in [9.17, 15) is 9.59 Å². The molecule has 0 radical (unpaired) electrons. The van der Waals surface area contributed by atoms with Crippen molar-refractivity contribution in [2.75, 3.05) is 13.7 Å². The highest BCUT2D eigenvalue weighted by atomic mass is 16.6. The second-order valence-corrected chi connectivity index (χ2v) is 6.58. The standard InChI is InChI=1S/C21H23NO4/c1-15(20(23)22(2)13-16-8-4-3-5-9-16)26-21(24)18-12-17-10-6-7-11-19(17)25-14-18/h3-11,15,18H,12-14H2,1-2H3. The van der Waals surface area contributed by atoms with Crippen molar-refractivity contribution >= 4 is 11.9 Å². The second-order valence-electron chi connectivity index (χ2n) is 6.58. The van der Waals surface area contributed by atoms with Gasteiger partial charge in [0.05, 0.1) is 5.92 Å². The Labute approximate surface area is 153 Å². The molecule has 0 N–H and O–H groups in total. The highest BCUT2D eigenvalue weighted by Crippen LogP contribution is 2.27. The van der Waals surface area contributed by atoms with Gasteiger partial charge < -0.3 is 14.4 Å². The zero-order valence-corrected chi connectivity index (χ0v) is 15.1. The lowest BCUT2D eigenvalue weighted by atomic mass is 9.97. The highest BCUT2D eigenvalue weighted by Gasteiger charge is 2.30. The van der Waals surface area contributed by atoms with Gasteiger partial charge in [-0.25, -0.2) is 0 Å². The van der Waals surface area contributed by atoms with Crippen molar-refractivity contribution in [2.45, 2.75) is 26.0 Å². The molecule has 0 aliphatic carbocycles. The molecule has 1 aliphatic rings. The van der Waals surface area contributed by atoms with E-state index in [0.29, 0.717) is 13.0 Å². The molecule has 136 valence electrons. The van der Waals surface area contributed by atoms with Crippen molar-refractivity contribution in [1.82, 2.24) is 4.90 Å². The van der Waals surface area contributed by atoms with E-state index in [0.717, 1.165) is 16.9 Å². The number of para-hydroxylation sites is 1. The summed E-state index contributed by atoms with van der Waals surface area (Å²) in [6, 6.07) is 17.4. The number of benzene rings is 2. The van der Waals surface area contributed by atoms with Gasteiger partial charge >= 0.3 is 5.97 Å². The molecule has 5 heteroatoms. The van der Waals surface area contributed by atoms with Crippen molar-refractivity contribution in [3.05, 3.63) is 65.7 Å². The molecule has 1 aliphatic heterocycles. The molecule has 0 bridgehead atoms. The lowest BCUT2D eigenvalue weighted by Crippen LogP contribution is -2.39. The summed E-state index contributed by atoms with van der Waals surface area (Å²) < 4.78 is 11.0. The Kier molecular flexibility index (Phi) is 5.56. The van der Waals surface area contributed by atoms with Crippen molar-refractivity contribution in [1.29, 1.82) is 0 Å². The predicted molar refractivity (Wildman–Crippen MR) is 97.6 cm³/mol. The van der Waals surface area contributed by atoms with Crippen LogP contribution in [0.1, 0.15) is 18.1 Å². The Hall–Kier alpha value is -2.82. The summed E-state index contributed by atoms with van der Waals surface area (Å²) in [5.41, 5.74) is 2.01. The van der Waals surface area contributed by atoms with E-state index in [1.54, 1.807) is 18.9 Å². The summed E-state index contributed by atoms with van der Waals surface area (Å²) in [6.45, 7) is 2.36. The monoisotopic (exact) mass is 353 g/mol. The summed E-state index contributed by atoms with van der Waals surface area (Å²) in [6.07, 6.45) is -0.260. The van der Waals surface area contributed by atoms with E-state index in [4.69, 9.17) is 9.47 Å². The summed E-state index contributed by atoms with van der Waals surface area (Å²) in [5.74, 6) is -0.198. The molecule has 0 saturated heterocycles. The fourth-order valence-corrected chi connectivity index (χ4v) is 3.05. The van der Waals surface area contributed by atoms with Gasteiger partial charge in [0.15, 0.2) is 6.10 Å². The van der Waals surface area contributed by atoms with Gasteiger partial charge in [0.25, 0.3) is 5.91 Å². The minimum atomic E-state index is -0.826. The molecule has 3 rings (SSSR count). The average molecular weight is 353 g/mol. The van der Waals surface area contributed by atoms with Gasteiger partial charge in [0.1, 0.15) is 12.4 Å². The minimum absolute atomic E-state index is 0.223. The van der Waals surface area contributed by atoms with Crippen LogP contribution < -0.4 is 4.74 Å². The predicted octanol–water partition coefficient (Wildman–Crippen LogP) is 2.83. The molecule has 0 aromatic heterocycles. The van der Waals surface area contributed by atoms with Crippen LogP contribution in [0.15, 0.2) is 54.6 Å². The van der Waals surface area contributed by atoms with Crippen LogP contribution in [0.3, 0.4) is 0 Å². The molecule has 2 aromatic rings. The number of hydrogen-bond acceptors (Lipinski definition) is 4. The van der Waals surface area contributed by atoms with Gasteiger partial charge in [-0.2, -0.15) is 0 Å². The van der Waals surface area contributed by atoms with Crippen LogP contribution in [0.2, 0.25) is 0 Å². The molecular weight excluding hydrogens is 330 g/mol. The lowest BCUT2D eigenvalue weighted by molar-refractivity contribution is -0.163. The number of carbonyl (C=O) groups is 2. The molecule has 2 atom stereocenters. The first-order valence-corrected chi connectivity index (χ1v) is 8.74. The van der Waals surface area contributed by atoms with Crippen molar-refractivity contribution in [3.63, 3.8) is 0 Å². The van der Waals surface area contributed by atoms with E-state index < -0.39 is 12.1 Å². The van der Waals surface area contributed by atoms with E-state index >= 15 is 0 Å². The van der Waals surface area contributed by atoms with Crippen molar-refractivity contribution in [3.8, 4) is 5.75 Å². The summed E-state index contributed by atoms with van der Waals surface area (Å²) in [4.78, 5) is 26.5. The zero-order valence-electron chi connectivity index (χ0n) is 15.1. The number of carbonyl (C=O) groups excluding carboxylic acids is 2. The van der Waals surface area contributed by atoms with Crippen LogP contribution in [-0.2, 0) is 27.3 Å². The maximum Gasteiger partial charge on any atom is 0.313 e. The zero-order chi connectivity index (χ0) is 18.5. The smallest absolute Gasteiger partial charge is 0.313 e. The van der Waals surface area contributed by atoms with E-state index in [-0.39, 0.29) is 18.4 Å². The quantitative estimate of drug-likeness (QED) is 0.776. The van der Waals surface area contributed by atoms with E-state index in [2.05, 4.69) is 0 Å². The third kappa shape index (κ3) is 4.23. The fourth-order valence-electron chi connectivity index (χ4n) is 3.05. The third-order valence-electron chi connectivity index (χ3n) is 4.49. The Bertz CT molecular complexity index is 775. The maximum absolute atomic E-state index is 12.5. The Morgan fingerprint density at radius 3 is 2.62 bits per heavy atom. The van der Waals surface area contributed by atoms with Gasteiger partial charge in [-0.3, -0.25) is 9.59 Å². The number of nitrogens with zero attached hydrogens (tertiary/aromatic N) is 1. The first-order chi connectivity index (χ1) is 12.5. The minimum Gasteiger partial charge on any atom is -0.492 e. The van der Waals surface area contributed by atoms with Crippen LogP contribution in [0.5, 0.6) is 5.75 Å². The van der Waals surface area contributed by atoms with Crippen LogP contribution in [-0.4, -0.2) is 36.5 Å². The van der Waals surface area contributed by atoms with E-state index in [1.165, 1.54) is 0 Å². The molecule has 1 heterocycles. The molecule has 5 nitrogen and oxygen atoms in total. The topological polar surface area (TPSA) is 55.8 Å². The number of likely N-dealkylation sites (N-methyl/N-ethyl adjacent to an activating group) is 1. The van der Waals surface area contributed by atoms with Gasteiger partial charge in [-0.15, -0.1) is 0 Å². The number of hydrogen-bond donors (Lipinski definition) is 0. The number of esters is 1. The van der Waals surface area contributed by atoms with Crippen LogP contribution in [0.4, 0.5) is 0 Å². The first-order valence-electron chi connectivity index (χ1n) is 8.74. The average Bonchev–Trinajstić information content (AvgIpc) is 2.67. The second kappa shape index (κ2) is 8.04. The van der Waals surface area contributed by atoms with Gasteiger partial charge in [0.2, 0.25) is 0 Å². The largest absolute Gasteiger partial charge is 0.492 e. The van der Waals surface area contributed by atoms with Crippen molar-refractivity contribution in [2.24, 2.45) is 5.92 Å². The Morgan fingerprint density at radius 1 is 1.15 bits per heavy atom. The molecule has 2 unspecified atom stereocenters. The van der Waals surface area contributed by atoms with Crippen molar-refractivity contribution < 1.29 is 19.1 Å². The maximum atomic E-state index is 12.5. The van der Waals surface area contributed by atoms with Gasteiger partial charge in [-0.05, 0) is 30.5 Å². The lowest BCUT2D eigenvalue weighted by Gasteiger charge is -2.26. The molecule has 0 spiro atoms. The summed E-state index contributed by atoms with van der Waals surface area (Å²) in [5, 5.41) is 0. The number of amides is 1. The Balaban J connectivity index is 1.54. The third-order valence-corrected chi connectivity index (χ3v) is 4.49. The summed E-state index contributed by atoms with van der Waals surface area (Å²) in [7, 11) is 1.71. The molecule has 2 aromatic carbocycles.